The number of benzene rings is 2. The first-order valence-corrected chi connectivity index (χ1v) is 6.62. The fourth-order valence-electron chi connectivity index (χ4n) is 2.16. The van der Waals surface area contributed by atoms with E-state index >= 15 is 0 Å². The van der Waals surface area contributed by atoms with Gasteiger partial charge in [0.05, 0.1) is 11.1 Å². The van der Waals surface area contributed by atoms with Crippen LogP contribution in [-0.4, -0.2) is 4.98 Å². The van der Waals surface area contributed by atoms with Gasteiger partial charge in [-0.3, -0.25) is 0 Å². The molecule has 3 rings (SSSR count). The Labute approximate surface area is 129 Å². The molecule has 6 heteroatoms. The lowest BCUT2D eigenvalue weighted by molar-refractivity contribution is -0.137. The van der Waals surface area contributed by atoms with E-state index in [0.717, 1.165) is 12.1 Å². The highest BCUT2D eigenvalue weighted by atomic mass is 19.4. The number of fused-ring (bicyclic) bond motifs is 1. The van der Waals surface area contributed by atoms with Gasteiger partial charge in [0.25, 0.3) is 0 Å². The highest BCUT2D eigenvalue weighted by molar-refractivity contribution is 5.91. The minimum absolute atomic E-state index is 0.236. The molecule has 0 amide bonds. The molecule has 2 aromatic carbocycles. The molecule has 0 aliphatic rings. The van der Waals surface area contributed by atoms with Crippen molar-refractivity contribution in [1.29, 1.82) is 5.26 Å². The van der Waals surface area contributed by atoms with Crippen molar-refractivity contribution in [2.75, 3.05) is 0 Å². The Bertz CT molecular complexity index is 896. The molecule has 3 nitrogen and oxygen atoms in total. The molecular weight excluding hydrogens is 305 g/mol. The lowest BCUT2D eigenvalue weighted by Gasteiger charge is -2.10. The zero-order valence-electron chi connectivity index (χ0n) is 11.6. The average Bonchev–Trinajstić information content (AvgIpc) is 2.55. The molecule has 0 saturated carbocycles. The molecule has 0 aliphatic carbocycles. The van der Waals surface area contributed by atoms with Crippen LogP contribution in [0.1, 0.15) is 11.1 Å². The number of ether oxygens (including phenoxy) is 1. The molecule has 23 heavy (non-hydrogen) atoms. The largest absolute Gasteiger partial charge is 0.438 e. The van der Waals surface area contributed by atoms with Gasteiger partial charge in [0.2, 0.25) is 5.88 Å². The Morgan fingerprint density at radius 2 is 1.61 bits per heavy atom. The Kier molecular flexibility index (Phi) is 3.62. The third-order valence-corrected chi connectivity index (χ3v) is 3.28. The van der Waals surface area contributed by atoms with Gasteiger partial charge in [-0.15, -0.1) is 0 Å². The summed E-state index contributed by atoms with van der Waals surface area (Å²) in [5, 5.41) is 10.4. The lowest BCUT2D eigenvalue weighted by atomic mass is 10.1. The van der Waals surface area contributed by atoms with Crippen LogP contribution in [0.2, 0.25) is 0 Å². The zero-order chi connectivity index (χ0) is 16.4. The van der Waals surface area contributed by atoms with Crippen LogP contribution in [-0.2, 0) is 6.18 Å². The number of pyridine rings is 1. The van der Waals surface area contributed by atoms with Gasteiger partial charge in [0.15, 0.2) is 0 Å². The van der Waals surface area contributed by atoms with Crippen LogP contribution in [0.3, 0.4) is 0 Å². The third kappa shape index (κ3) is 2.94. The number of alkyl halides is 3. The number of hydrogen-bond acceptors (Lipinski definition) is 3. The summed E-state index contributed by atoms with van der Waals surface area (Å²) in [6.07, 6.45) is -3.01. The van der Waals surface area contributed by atoms with E-state index in [2.05, 4.69) is 4.98 Å². The summed E-state index contributed by atoms with van der Waals surface area (Å²) in [4.78, 5) is 4.08. The summed E-state index contributed by atoms with van der Waals surface area (Å²) in [5.74, 6) is 0.472. The Balaban J connectivity index is 1.98. The molecule has 0 saturated heterocycles. The molecule has 0 radical (unpaired) electrons. The number of halogens is 3. The lowest BCUT2D eigenvalue weighted by Crippen LogP contribution is -2.04. The minimum atomic E-state index is -4.39. The smallest absolute Gasteiger partial charge is 0.416 e. The van der Waals surface area contributed by atoms with E-state index in [1.807, 2.05) is 6.07 Å². The quantitative estimate of drug-likeness (QED) is 0.674. The van der Waals surface area contributed by atoms with Crippen molar-refractivity contribution < 1.29 is 17.9 Å². The van der Waals surface area contributed by atoms with Crippen LogP contribution < -0.4 is 4.74 Å². The molecule has 3 aromatic rings. The van der Waals surface area contributed by atoms with Gasteiger partial charge in [0.1, 0.15) is 11.8 Å². The summed E-state index contributed by atoms with van der Waals surface area (Å²) < 4.78 is 43.2. The van der Waals surface area contributed by atoms with Crippen LogP contribution in [0.15, 0.2) is 54.7 Å². The van der Waals surface area contributed by atoms with E-state index in [4.69, 9.17) is 10.00 Å². The third-order valence-electron chi connectivity index (χ3n) is 3.28. The first-order valence-electron chi connectivity index (χ1n) is 6.62. The van der Waals surface area contributed by atoms with Crippen LogP contribution in [0.5, 0.6) is 11.6 Å². The normalized spacial score (nSPS) is 11.2. The summed E-state index contributed by atoms with van der Waals surface area (Å²) in [6, 6.07) is 13.4. The van der Waals surface area contributed by atoms with Gasteiger partial charge in [-0.2, -0.15) is 18.4 Å². The fraction of sp³-hybridized carbons (Fsp3) is 0.0588. The Hall–Kier alpha value is -3.07. The predicted octanol–water partition coefficient (Wildman–Crippen LogP) is 4.92. The van der Waals surface area contributed by atoms with E-state index < -0.39 is 11.7 Å². The highest BCUT2D eigenvalue weighted by Crippen LogP contribution is 2.33. The molecule has 0 spiro atoms. The molecule has 114 valence electrons. The van der Waals surface area contributed by atoms with Crippen molar-refractivity contribution in [2.45, 2.75) is 6.18 Å². The standard InChI is InChI=1S/C17H9F3N2O/c18-17(19,20)12-5-7-13(8-6-12)23-16-15-4-2-1-3-14(15)11(9-21)10-22-16/h1-8,10H. The Morgan fingerprint density at radius 1 is 0.957 bits per heavy atom. The van der Waals surface area contributed by atoms with E-state index in [0.29, 0.717) is 16.3 Å². The van der Waals surface area contributed by atoms with Crippen molar-refractivity contribution in [3.8, 4) is 17.7 Å². The van der Waals surface area contributed by atoms with Crippen molar-refractivity contribution in [2.24, 2.45) is 0 Å². The number of hydrogen-bond donors (Lipinski definition) is 0. The maximum atomic E-state index is 12.6. The van der Waals surface area contributed by atoms with Gasteiger partial charge in [-0.25, -0.2) is 4.98 Å². The maximum absolute atomic E-state index is 12.6. The first kappa shape index (κ1) is 14.9. The number of nitriles is 1. The predicted molar refractivity (Wildman–Crippen MR) is 78.0 cm³/mol. The van der Waals surface area contributed by atoms with Crippen LogP contribution in [0, 0.1) is 11.3 Å². The minimum Gasteiger partial charge on any atom is -0.438 e. The number of nitrogens with zero attached hydrogens (tertiary/aromatic N) is 2. The van der Waals surface area contributed by atoms with Gasteiger partial charge >= 0.3 is 6.18 Å². The summed E-state index contributed by atoms with van der Waals surface area (Å²) in [6.45, 7) is 0. The van der Waals surface area contributed by atoms with Gasteiger partial charge in [0, 0.05) is 17.0 Å². The second-order valence-electron chi connectivity index (χ2n) is 4.76. The summed E-state index contributed by atoms with van der Waals surface area (Å²) >= 11 is 0. The molecule has 0 N–H and O–H groups in total. The monoisotopic (exact) mass is 314 g/mol. The highest BCUT2D eigenvalue weighted by Gasteiger charge is 2.30. The number of aromatic nitrogens is 1. The molecule has 0 aliphatic heterocycles. The molecule has 0 bridgehead atoms. The SMILES string of the molecule is N#Cc1cnc(Oc2ccc(C(F)(F)F)cc2)c2ccccc12. The zero-order valence-corrected chi connectivity index (χ0v) is 11.6. The van der Waals surface area contributed by atoms with Crippen molar-refractivity contribution in [3.05, 3.63) is 65.9 Å². The van der Waals surface area contributed by atoms with Gasteiger partial charge in [-0.1, -0.05) is 18.2 Å². The molecule has 1 aromatic heterocycles. The van der Waals surface area contributed by atoms with Crippen molar-refractivity contribution >= 4 is 10.8 Å². The van der Waals surface area contributed by atoms with Gasteiger partial charge < -0.3 is 4.74 Å². The van der Waals surface area contributed by atoms with E-state index in [9.17, 15) is 13.2 Å². The van der Waals surface area contributed by atoms with Gasteiger partial charge in [-0.05, 0) is 30.3 Å². The molecule has 0 fully saturated rings. The van der Waals surface area contributed by atoms with E-state index in [1.165, 1.54) is 18.3 Å². The van der Waals surface area contributed by atoms with E-state index in [-0.39, 0.29) is 11.6 Å². The summed E-state index contributed by atoms with van der Waals surface area (Å²) in [7, 11) is 0. The summed E-state index contributed by atoms with van der Waals surface area (Å²) in [5.41, 5.74) is -0.345. The van der Waals surface area contributed by atoms with Crippen LogP contribution in [0.25, 0.3) is 10.8 Å². The molecule has 0 atom stereocenters. The Morgan fingerprint density at radius 3 is 2.22 bits per heavy atom. The molecule has 1 heterocycles. The van der Waals surface area contributed by atoms with Crippen LogP contribution >= 0.6 is 0 Å². The maximum Gasteiger partial charge on any atom is 0.416 e. The number of rotatable bonds is 2. The molecular formula is C17H9F3N2O. The second-order valence-corrected chi connectivity index (χ2v) is 4.76. The fourth-order valence-corrected chi connectivity index (χ4v) is 2.16. The topological polar surface area (TPSA) is 45.9 Å². The average molecular weight is 314 g/mol. The van der Waals surface area contributed by atoms with Crippen molar-refractivity contribution in [1.82, 2.24) is 4.98 Å². The van der Waals surface area contributed by atoms with Crippen LogP contribution in [0.4, 0.5) is 13.2 Å². The van der Waals surface area contributed by atoms with Crippen molar-refractivity contribution in [3.63, 3.8) is 0 Å². The molecule has 0 unspecified atom stereocenters. The first-order chi connectivity index (χ1) is 11.0. The second kappa shape index (κ2) is 5.61. The van der Waals surface area contributed by atoms with E-state index in [1.54, 1.807) is 24.3 Å².